The van der Waals surface area contributed by atoms with Gasteiger partial charge >= 0.3 is 0 Å². The molecule has 1 atom stereocenters. The van der Waals surface area contributed by atoms with Gasteiger partial charge in [0.1, 0.15) is 5.82 Å². The smallest absolute Gasteiger partial charge is 0.180 e. The second-order valence-corrected chi connectivity index (χ2v) is 9.18. The number of nitrogen functional groups attached to an aromatic ring is 1. The Labute approximate surface area is 194 Å². The minimum atomic E-state index is -2.04. The number of piperazine rings is 1. The number of imidazole rings is 1. The van der Waals surface area contributed by atoms with Crippen LogP contribution in [0.15, 0.2) is 30.7 Å². The molecule has 5 heterocycles. The summed E-state index contributed by atoms with van der Waals surface area (Å²) in [6, 6.07) is 3.70. The number of anilines is 2. The predicted molar refractivity (Wildman–Crippen MR) is 124 cm³/mol. The molecule has 12 heteroatoms. The number of hydrogen-bond donors (Lipinski definition) is 1. The number of ether oxygens (including phenoxy) is 1. The van der Waals surface area contributed by atoms with Gasteiger partial charge in [0.25, 0.3) is 0 Å². The summed E-state index contributed by atoms with van der Waals surface area (Å²) in [5.41, 5.74) is 9.23. The molecule has 2 saturated heterocycles. The minimum Gasteiger partial charge on any atom is -0.771 e. The van der Waals surface area contributed by atoms with Crippen LogP contribution in [0.25, 0.3) is 16.9 Å². The average Bonchev–Trinajstić information content (AvgIpc) is 3.23. The molecule has 3 aromatic rings. The van der Waals surface area contributed by atoms with Crippen LogP contribution in [-0.4, -0.2) is 96.3 Å². The van der Waals surface area contributed by atoms with Crippen molar-refractivity contribution < 1.29 is 13.5 Å². The molecule has 0 amide bonds. The fourth-order valence-corrected chi connectivity index (χ4v) is 4.80. The monoisotopic (exact) mass is 471 g/mol. The van der Waals surface area contributed by atoms with E-state index in [9.17, 15) is 8.76 Å². The SMILES string of the molecule is Nc1ccc(-c2cn3cc(CN4CCN(CS(=O)[O-])CC4)nc3c(N3CCOCC3)n2)cn1. The van der Waals surface area contributed by atoms with Gasteiger partial charge in [0.15, 0.2) is 11.5 Å². The number of hydrogen-bond acceptors (Lipinski definition) is 10. The molecule has 0 aliphatic carbocycles. The lowest BCUT2D eigenvalue weighted by atomic mass is 10.2. The Kier molecular flexibility index (Phi) is 6.51. The molecule has 2 aliphatic heterocycles. The highest BCUT2D eigenvalue weighted by Crippen LogP contribution is 2.26. The normalized spacial score (nSPS) is 19.2. The standard InChI is InChI=1S/C21H28N8O3S/c22-19-2-1-16(11-23-19)18-14-29-13-17(12-26-3-5-27(6-4-26)15-33(30)31)24-20(29)21(25-18)28-7-9-32-10-8-28/h1-2,11,13-14H,3-10,12,15H2,(H2,22,23)(H,30,31)/p-1. The van der Waals surface area contributed by atoms with Crippen LogP contribution >= 0.6 is 0 Å². The van der Waals surface area contributed by atoms with Crippen molar-refractivity contribution in [3.63, 3.8) is 0 Å². The van der Waals surface area contributed by atoms with Gasteiger partial charge in [-0.2, -0.15) is 0 Å². The number of aromatic nitrogens is 4. The molecule has 0 aromatic carbocycles. The van der Waals surface area contributed by atoms with Crippen LogP contribution in [0.2, 0.25) is 0 Å². The molecule has 176 valence electrons. The van der Waals surface area contributed by atoms with Crippen molar-refractivity contribution in [1.82, 2.24) is 29.2 Å². The fraction of sp³-hybridized carbons (Fsp3) is 0.476. The Hall–Kier alpha value is -2.64. The maximum atomic E-state index is 11.0. The topological polar surface area (TPSA) is 128 Å². The fourth-order valence-electron chi connectivity index (χ4n) is 4.25. The van der Waals surface area contributed by atoms with Crippen molar-refractivity contribution in [1.29, 1.82) is 0 Å². The lowest BCUT2D eigenvalue weighted by Gasteiger charge is -2.34. The zero-order valence-electron chi connectivity index (χ0n) is 18.3. The van der Waals surface area contributed by atoms with Gasteiger partial charge in [0, 0.05) is 70.0 Å². The molecular formula is C21H27N8O3S-. The predicted octanol–water partition coefficient (Wildman–Crippen LogP) is 0.164. The Morgan fingerprint density at radius 3 is 2.48 bits per heavy atom. The zero-order valence-corrected chi connectivity index (χ0v) is 19.1. The number of nitrogens with zero attached hydrogens (tertiary/aromatic N) is 7. The number of rotatable bonds is 6. The molecular weight excluding hydrogens is 444 g/mol. The maximum Gasteiger partial charge on any atom is 0.180 e. The van der Waals surface area contributed by atoms with Crippen LogP contribution in [-0.2, 0) is 22.4 Å². The van der Waals surface area contributed by atoms with E-state index in [4.69, 9.17) is 20.4 Å². The first kappa shape index (κ1) is 22.2. The first-order valence-corrected chi connectivity index (χ1v) is 12.2. The molecule has 2 fully saturated rings. The van der Waals surface area contributed by atoms with E-state index in [1.165, 1.54) is 0 Å². The van der Waals surface area contributed by atoms with Gasteiger partial charge in [-0.05, 0) is 23.2 Å². The van der Waals surface area contributed by atoms with Gasteiger partial charge in [0.2, 0.25) is 0 Å². The van der Waals surface area contributed by atoms with Crippen LogP contribution in [0.1, 0.15) is 5.69 Å². The van der Waals surface area contributed by atoms with E-state index in [2.05, 4.69) is 14.8 Å². The van der Waals surface area contributed by atoms with Gasteiger partial charge in [-0.1, -0.05) is 0 Å². The Balaban J connectivity index is 1.42. The highest BCUT2D eigenvalue weighted by molar-refractivity contribution is 7.79. The summed E-state index contributed by atoms with van der Waals surface area (Å²) < 4.78 is 29.5. The van der Waals surface area contributed by atoms with Gasteiger partial charge in [0.05, 0.1) is 30.5 Å². The highest BCUT2D eigenvalue weighted by atomic mass is 32.2. The van der Waals surface area contributed by atoms with Gasteiger partial charge < -0.3 is 24.3 Å². The lowest BCUT2D eigenvalue weighted by Crippen LogP contribution is -2.46. The molecule has 33 heavy (non-hydrogen) atoms. The molecule has 2 aliphatic rings. The van der Waals surface area contributed by atoms with Gasteiger partial charge in [-0.15, -0.1) is 0 Å². The van der Waals surface area contributed by atoms with Crippen LogP contribution in [0.5, 0.6) is 0 Å². The molecule has 5 rings (SSSR count). The van der Waals surface area contributed by atoms with Crippen molar-refractivity contribution in [2.75, 3.05) is 69.0 Å². The van der Waals surface area contributed by atoms with E-state index < -0.39 is 11.1 Å². The molecule has 3 aromatic heterocycles. The van der Waals surface area contributed by atoms with E-state index in [-0.39, 0.29) is 5.88 Å². The summed E-state index contributed by atoms with van der Waals surface area (Å²) in [6.45, 7) is 6.63. The van der Waals surface area contributed by atoms with E-state index in [1.807, 2.05) is 27.8 Å². The molecule has 0 saturated carbocycles. The highest BCUT2D eigenvalue weighted by Gasteiger charge is 2.22. The van der Waals surface area contributed by atoms with E-state index in [1.54, 1.807) is 12.3 Å². The largest absolute Gasteiger partial charge is 0.771 e. The van der Waals surface area contributed by atoms with Crippen molar-refractivity contribution in [3.8, 4) is 11.3 Å². The third-order valence-corrected chi connectivity index (χ3v) is 6.58. The van der Waals surface area contributed by atoms with Crippen LogP contribution in [0.4, 0.5) is 11.6 Å². The Bertz CT molecular complexity index is 1120. The minimum absolute atomic E-state index is 0.0968. The van der Waals surface area contributed by atoms with Crippen LogP contribution in [0.3, 0.4) is 0 Å². The van der Waals surface area contributed by atoms with Crippen molar-refractivity contribution in [2.45, 2.75) is 6.54 Å². The first-order valence-electron chi connectivity index (χ1n) is 11.0. The van der Waals surface area contributed by atoms with E-state index >= 15 is 0 Å². The summed E-state index contributed by atoms with van der Waals surface area (Å²) in [6.07, 6.45) is 5.76. The first-order chi connectivity index (χ1) is 16.0. The maximum absolute atomic E-state index is 11.0. The quantitative estimate of drug-likeness (QED) is 0.497. The molecule has 0 radical (unpaired) electrons. The van der Waals surface area contributed by atoms with E-state index in [0.717, 1.165) is 67.7 Å². The average molecular weight is 472 g/mol. The number of nitrogens with two attached hydrogens (primary N) is 1. The summed E-state index contributed by atoms with van der Waals surface area (Å²) in [4.78, 5) is 20.6. The number of morpholine rings is 1. The summed E-state index contributed by atoms with van der Waals surface area (Å²) in [5, 5.41) is 0. The Morgan fingerprint density at radius 1 is 1.03 bits per heavy atom. The van der Waals surface area contributed by atoms with Crippen molar-refractivity contribution in [3.05, 3.63) is 36.4 Å². The second kappa shape index (κ2) is 9.69. The third-order valence-electron chi connectivity index (χ3n) is 6.00. The Morgan fingerprint density at radius 2 is 1.79 bits per heavy atom. The molecule has 0 spiro atoms. The molecule has 11 nitrogen and oxygen atoms in total. The zero-order chi connectivity index (χ0) is 22.8. The third kappa shape index (κ3) is 5.14. The van der Waals surface area contributed by atoms with Crippen molar-refractivity contribution >= 4 is 28.4 Å². The van der Waals surface area contributed by atoms with Gasteiger partial charge in [-0.25, -0.2) is 15.0 Å². The van der Waals surface area contributed by atoms with E-state index in [0.29, 0.717) is 25.6 Å². The number of pyridine rings is 1. The molecule has 0 bridgehead atoms. The second-order valence-electron chi connectivity index (χ2n) is 8.31. The summed E-state index contributed by atoms with van der Waals surface area (Å²) in [5.74, 6) is 1.40. The molecule has 1 unspecified atom stereocenters. The number of fused-ring (bicyclic) bond motifs is 1. The lowest BCUT2D eigenvalue weighted by molar-refractivity contribution is 0.122. The van der Waals surface area contributed by atoms with Crippen molar-refractivity contribution in [2.24, 2.45) is 0 Å². The van der Waals surface area contributed by atoms with Gasteiger partial charge in [-0.3, -0.25) is 14.0 Å². The van der Waals surface area contributed by atoms with Crippen LogP contribution < -0.4 is 10.6 Å². The van der Waals surface area contributed by atoms with Crippen LogP contribution in [0, 0.1) is 0 Å². The summed E-state index contributed by atoms with van der Waals surface area (Å²) in [7, 11) is 0. The summed E-state index contributed by atoms with van der Waals surface area (Å²) >= 11 is -2.04. The molecule has 2 N–H and O–H groups in total.